The normalized spacial score (nSPS) is 48.6. The number of carbonyl (C=O) groups excluding carboxylic acids is 3. The number of ether oxygens (including phenoxy) is 4. The third-order valence-electron chi connectivity index (χ3n) is 16.6. The van der Waals surface area contributed by atoms with Crippen LogP contribution in [0, 0.1) is 51.8 Å². The van der Waals surface area contributed by atoms with Gasteiger partial charge in [0.15, 0.2) is 11.9 Å². The first kappa shape index (κ1) is 37.2. The highest BCUT2D eigenvalue weighted by Crippen LogP contribution is 2.80. The number of esters is 2. The van der Waals surface area contributed by atoms with Crippen LogP contribution >= 0.6 is 0 Å². The Labute approximate surface area is 318 Å². The van der Waals surface area contributed by atoms with Crippen molar-refractivity contribution in [2.75, 3.05) is 26.4 Å². The van der Waals surface area contributed by atoms with Gasteiger partial charge < -0.3 is 44.2 Å². The molecular weight excluding hydrogens is 692 g/mol. The molecule has 8 aliphatic rings. The molecule has 6 heterocycles. The Morgan fingerprint density at radius 3 is 2.50 bits per heavy atom. The summed E-state index contributed by atoms with van der Waals surface area (Å²) >= 11 is 0. The van der Waals surface area contributed by atoms with E-state index in [9.17, 15) is 24.6 Å². The Hall–Kier alpha value is -2.35. The quantitative estimate of drug-likeness (QED) is 0.212. The summed E-state index contributed by atoms with van der Waals surface area (Å²) in [5, 5.41) is 30.2. The number of ketones is 1. The molecule has 298 valence electrons. The minimum absolute atomic E-state index is 0.00288. The van der Waals surface area contributed by atoms with E-state index in [0.29, 0.717) is 55.2 Å². The number of epoxide rings is 1. The SMILES string of the molecule is CC(C)CCC1(C)OC2CC(=O)OCC23C1C(=O)C(O)C1(C)C3CCC2(C)C(c3ccoc3CC(CO)C3CCC(C4CNCN4)CC3)OC(=O)C3OC321. The van der Waals surface area contributed by atoms with Crippen LogP contribution in [-0.4, -0.2) is 89.9 Å². The number of aliphatic hydroxyl groups excluding tert-OH is 2. The standard InChI is InChI=1S/C42H60N2O10/c1-22(2)10-14-39(4)33-32(47)34(48)40(5)29(41(33)20-51-31(46)17-30(41)53-39)11-13-38(3)35(52-37(49)36-42(38,40)54-36)26-12-15-50-28(26)16-25(19-45)23-6-8-24(9-7-23)27-18-43-21-44-27/h12,15,22-25,27,29-30,33-36,43-45,48H,6-11,13-14,16-21H2,1-5H3. The molecule has 5 aliphatic heterocycles. The van der Waals surface area contributed by atoms with Gasteiger partial charge in [-0.05, 0) is 93.9 Å². The van der Waals surface area contributed by atoms with Gasteiger partial charge in [0.2, 0.25) is 0 Å². The summed E-state index contributed by atoms with van der Waals surface area (Å²) in [7, 11) is 0. The fourth-order valence-corrected chi connectivity index (χ4v) is 13.9. The smallest absolute Gasteiger partial charge is 0.339 e. The molecule has 12 heteroatoms. The molecule has 0 aromatic carbocycles. The van der Waals surface area contributed by atoms with Crippen molar-refractivity contribution in [1.29, 1.82) is 0 Å². The summed E-state index contributed by atoms with van der Waals surface area (Å²) < 4.78 is 31.9. The van der Waals surface area contributed by atoms with Crippen LogP contribution < -0.4 is 10.6 Å². The van der Waals surface area contributed by atoms with E-state index in [-0.39, 0.29) is 43.2 Å². The molecule has 5 saturated heterocycles. The van der Waals surface area contributed by atoms with Gasteiger partial charge in [-0.1, -0.05) is 27.7 Å². The van der Waals surface area contributed by atoms with Crippen molar-refractivity contribution in [3.8, 4) is 0 Å². The molecule has 13 atom stereocenters. The van der Waals surface area contributed by atoms with Crippen LogP contribution in [0.25, 0.3) is 0 Å². The van der Waals surface area contributed by atoms with Crippen LogP contribution in [0.15, 0.2) is 16.7 Å². The van der Waals surface area contributed by atoms with Crippen LogP contribution in [-0.2, 0) is 39.8 Å². The van der Waals surface area contributed by atoms with E-state index < -0.39 is 63.8 Å². The topological polar surface area (TPSA) is 169 Å². The lowest BCUT2D eigenvalue weighted by Crippen LogP contribution is -2.76. The molecule has 4 N–H and O–H groups in total. The number of hydrogen-bond acceptors (Lipinski definition) is 12. The van der Waals surface area contributed by atoms with Crippen molar-refractivity contribution in [3.63, 3.8) is 0 Å². The molecule has 3 aliphatic carbocycles. The van der Waals surface area contributed by atoms with Crippen LogP contribution in [0.1, 0.15) is 110 Å². The van der Waals surface area contributed by atoms with Crippen LogP contribution in [0.2, 0.25) is 0 Å². The van der Waals surface area contributed by atoms with Gasteiger partial charge in [-0.2, -0.15) is 0 Å². The molecule has 13 unspecified atom stereocenters. The summed E-state index contributed by atoms with van der Waals surface area (Å²) in [5.74, 6) is -0.108. The molecular formula is C42H60N2O10. The molecule has 8 fully saturated rings. The van der Waals surface area contributed by atoms with Gasteiger partial charge in [-0.15, -0.1) is 0 Å². The number of aliphatic hydroxyl groups is 2. The summed E-state index contributed by atoms with van der Waals surface area (Å²) in [4.78, 5) is 41.8. The van der Waals surface area contributed by atoms with Crippen molar-refractivity contribution >= 4 is 17.7 Å². The zero-order chi connectivity index (χ0) is 38.0. The number of fused-ring (bicyclic) bond motifs is 1. The Balaban J connectivity index is 1.04. The maximum Gasteiger partial charge on any atom is 0.339 e. The fourth-order valence-electron chi connectivity index (χ4n) is 13.9. The Morgan fingerprint density at radius 2 is 1.80 bits per heavy atom. The number of hydrogen-bond donors (Lipinski definition) is 4. The molecule has 3 saturated carbocycles. The predicted octanol–water partition coefficient (Wildman–Crippen LogP) is 4.00. The highest BCUT2D eigenvalue weighted by atomic mass is 16.7. The highest BCUT2D eigenvalue weighted by molar-refractivity contribution is 5.92. The number of nitrogens with one attached hydrogen (secondary N) is 2. The number of Topliss-reactive ketones (excluding diaryl/α,β-unsaturated/α-hetero) is 1. The van der Waals surface area contributed by atoms with Gasteiger partial charge in [-0.3, -0.25) is 9.59 Å². The summed E-state index contributed by atoms with van der Waals surface area (Å²) in [6.07, 6.45) is 5.50. The highest BCUT2D eigenvalue weighted by Gasteiger charge is 2.91. The summed E-state index contributed by atoms with van der Waals surface area (Å²) in [5.41, 5.74) is -4.23. The second kappa shape index (κ2) is 12.8. The number of rotatable bonds is 9. The van der Waals surface area contributed by atoms with E-state index in [1.807, 2.05) is 19.9 Å². The van der Waals surface area contributed by atoms with Crippen molar-refractivity contribution in [3.05, 3.63) is 23.7 Å². The third kappa shape index (κ3) is 4.91. The molecule has 1 aromatic rings. The van der Waals surface area contributed by atoms with Gasteiger partial charge in [0.25, 0.3) is 0 Å². The molecule has 2 spiro atoms. The van der Waals surface area contributed by atoms with Crippen LogP contribution in [0.5, 0.6) is 0 Å². The number of furan rings is 1. The van der Waals surface area contributed by atoms with E-state index in [0.717, 1.165) is 50.9 Å². The Morgan fingerprint density at radius 1 is 1.02 bits per heavy atom. The number of cyclic esters (lactones) is 2. The first-order chi connectivity index (χ1) is 25.7. The minimum atomic E-state index is -1.43. The van der Waals surface area contributed by atoms with E-state index in [4.69, 9.17) is 23.4 Å². The zero-order valence-electron chi connectivity index (χ0n) is 32.6. The third-order valence-corrected chi connectivity index (χ3v) is 16.6. The van der Waals surface area contributed by atoms with Crippen molar-refractivity contribution in [2.45, 2.75) is 140 Å². The van der Waals surface area contributed by atoms with Crippen molar-refractivity contribution in [2.24, 2.45) is 51.8 Å². The lowest BCUT2D eigenvalue weighted by atomic mass is 9.36. The average Bonchev–Trinajstić information content (AvgIpc) is 3.41. The maximum atomic E-state index is 15.0. The number of carbonyl (C=O) groups is 3. The van der Waals surface area contributed by atoms with Gasteiger partial charge in [0.1, 0.15) is 30.2 Å². The van der Waals surface area contributed by atoms with Gasteiger partial charge >= 0.3 is 11.9 Å². The van der Waals surface area contributed by atoms with Crippen LogP contribution in [0.3, 0.4) is 0 Å². The fraction of sp³-hybridized carbons (Fsp3) is 0.833. The average molecular weight is 753 g/mol. The van der Waals surface area contributed by atoms with E-state index in [1.165, 1.54) is 0 Å². The first-order valence-corrected chi connectivity index (χ1v) is 20.8. The lowest BCUT2D eigenvalue weighted by molar-refractivity contribution is -0.252. The molecule has 54 heavy (non-hydrogen) atoms. The Bertz CT molecular complexity index is 1670. The van der Waals surface area contributed by atoms with Gasteiger partial charge in [0.05, 0.1) is 30.3 Å². The maximum absolute atomic E-state index is 15.0. The predicted molar refractivity (Wildman–Crippen MR) is 193 cm³/mol. The molecule has 0 radical (unpaired) electrons. The van der Waals surface area contributed by atoms with Crippen molar-refractivity contribution < 1.29 is 48.0 Å². The molecule has 0 bridgehead atoms. The van der Waals surface area contributed by atoms with Gasteiger partial charge in [0, 0.05) is 54.1 Å². The molecule has 1 aromatic heterocycles. The lowest BCUT2D eigenvalue weighted by Gasteiger charge is -2.66. The van der Waals surface area contributed by atoms with Gasteiger partial charge in [-0.25, -0.2) is 4.79 Å². The Kier molecular flexibility index (Phi) is 8.85. The second-order valence-corrected chi connectivity index (χ2v) is 19.5. The minimum Gasteiger partial charge on any atom is -0.469 e. The summed E-state index contributed by atoms with van der Waals surface area (Å²) in [6, 6.07) is 2.39. The zero-order valence-corrected chi connectivity index (χ0v) is 32.6. The van der Waals surface area contributed by atoms with E-state index in [1.54, 1.807) is 6.26 Å². The molecule has 12 nitrogen and oxygen atoms in total. The largest absolute Gasteiger partial charge is 0.469 e. The monoisotopic (exact) mass is 752 g/mol. The molecule has 0 amide bonds. The van der Waals surface area contributed by atoms with E-state index >= 15 is 0 Å². The first-order valence-electron chi connectivity index (χ1n) is 20.8. The molecule has 9 rings (SSSR count). The van der Waals surface area contributed by atoms with Crippen LogP contribution in [0.4, 0.5) is 0 Å². The van der Waals surface area contributed by atoms with Crippen molar-refractivity contribution in [1.82, 2.24) is 10.6 Å². The second-order valence-electron chi connectivity index (χ2n) is 19.5. The summed E-state index contributed by atoms with van der Waals surface area (Å²) in [6.45, 7) is 12.2. The van der Waals surface area contributed by atoms with E-state index in [2.05, 4.69) is 31.4 Å².